The third-order valence-electron chi connectivity index (χ3n) is 4.41. The van der Waals surface area contributed by atoms with E-state index in [4.69, 9.17) is 12.2 Å². The van der Waals surface area contributed by atoms with E-state index in [0.29, 0.717) is 18.2 Å². The van der Waals surface area contributed by atoms with E-state index in [9.17, 15) is 5.11 Å². The fourth-order valence-corrected chi connectivity index (χ4v) is 3.08. The number of aryl methyl sites for hydroxylation is 2. The Morgan fingerprint density at radius 3 is 2.81 bits per heavy atom. The van der Waals surface area contributed by atoms with Crippen LogP contribution in [0.5, 0.6) is 5.88 Å². The molecule has 0 saturated carbocycles. The topological polar surface area (TPSA) is 77.8 Å². The number of aromatic hydroxyl groups is 1. The number of hydrogen-bond acceptors (Lipinski definition) is 5. The van der Waals surface area contributed by atoms with Crippen molar-refractivity contribution < 1.29 is 5.11 Å². The van der Waals surface area contributed by atoms with Gasteiger partial charge in [0, 0.05) is 24.2 Å². The lowest BCUT2D eigenvalue weighted by atomic mass is 10.1. The van der Waals surface area contributed by atoms with Gasteiger partial charge in [-0.05, 0) is 50.3 Å². The van der Waals surface area contributed by atoms with Crippen molar-refractivity contribution >= 4 is 39.7 Å². The Bertz CT molecular complexity index is 1050. The molecule has 4 rings (SSSR count). The summed E-state index contributed by atoms with van der Waals surface area (Å²) in [5, 5.41) is 23.0. The third kappa shape index (κ3) is 3.81. The Balaban J connectivity index is 1.64. The summed E-state index contributed by atoms with van der Waals surface area (Å²) in [6, 6.07) is 11.6. The Morgan fingerprint density at radius 1 is 1.26 bits per heavy atom. The van der Waals surface area contributed by atoms with Crippen molar-refractivity contribution in [3.8, 4) is 5.88 Å². The number of nitrogens with one attached hydrogen (secondary N) is 1. The first-order valence-electron chi connectivity index (χ1n) is 8.72. The van der Waals surface area contributed by atoms with Gasteiger partial charge in [-0.15, -0.1) is 10.2 Å². The summed E-state index contributed by atoms with van der Waals surface area (Å²) >= 11 is 5.25. The highest BCUT2D eigenvalue weighted by molar-refractivity contribution is 7.80. The molecule has 0 bridgehead atoms. The molecule has 0 aliphatic carbocycles. The van der Waals surface area contributed by atoms with Gasteiger partial charge in [0.25, 0.3) is 0 Å². The van der Waals surface area contributed by atoms with Crippen molar-refractivity contribution in [2.24, 2.45) is 10.2 Å². The Morgan fingerprint density at radius 2 is 2.07 bits per heavy atom. The summed E-state index contributed by atoms with van der Waals surface area (Å²) in [5.74, 6) is 0.714. The van der Waals surface area contributed by atoms with Crippen LogP contribution in [0.4, 0.5) is 11.5 Å². The van der Waals surface area contributed by atoms with E-state index < -0.39 is 0 Å². The minimum atomic E-state index is 0.0998. The van der Waals surface area contributed by atoms with Crippen LogP contribution in [0.25, 0.3) is 10.9 Å². The first-order chi connectivity index (χ1) is 13.0. The molecule has 1 aromatic carbocycles. The van der Waals surface area contributed by atoms with Gasteiger partial charge in [-0.2, -0.15) is 0 Å². The molecule has 1 saturated heterocycles. The molecule has 0 atom stereocenters. The molecular formula is C19H20N6OS. The monoisotopic (exact) mass is 380 g/mol. The van der Waals surface area contributed by atoms with E-state index >= 15 is 0 Å². The van der Waals surface area contributed by atoms with E-state index in [1.165, 1.54) is 0 Å². The van der Waals surface area contributed by atoms with Crippen molar-refractivity contribution in [1.29, 1.82) is 0 Å². The van der Waals surface area contributed by atoms with Crippen molar-refractivity contribution in [2.75, 3.05) is 18.4 Å². The van der Waals surface area contributed by atoms with Gasteiger partial charge >= 0.3 is 0 Å². The van der Waals surface area contributed by atoms with Crippen LogP contribution < -0.4 is 5.32 Å². The van der Waals surface area contributed by atoms with E-state index in [0.717, 1.165) is 35.2 Å². The maximum absolute atomic E-state index is 10.7. The van der Waals surface area contributed by atoms with Crippen LogP contribution >= 0.6 is 12.2 Å². The Kier molecular flexibility index (Phi) is 4.59. The Labute approximate surface area is 162 Å². The second-order valence-corrected chi connectivity index (χ2v) is 7.06. The van der Waals surface area contributed by atoms with Crippen LogP contribution in [0, 0.1) is 13.8 Å². The maximum Gasteiger partial charge on any atom is 0.221 e. The number of azo groups is 1. The molecule has 8 heteroatoms. The highest BCUT2D eigenvalue weighted by Crippen LogP contribution is 2.39. The van der Waals surface area contributed by atoms with E-state index in [-0.39, 0.29) is 11.0 Å². The van der Waals surface area contributed by atoms with E-state index in [1.54, 1.807) is 0 Å². The fraction of sp³-hybridized carbons (Fsp3) is 0.263. The molecule has 0 amide bonds. The molecule has 1 aliphatic rings. The van der Waals surface area contributed by atoms with E-state index in [2.05, 4.69) is 25.4 Å². The standard InChI is InChI=1S/C19H20N6OS/c1-12-6-7-15-14(10-12)17(18(26)25(15)11-24-8-9-24)22-23-19(27)21-16-5-3-4-13(2)20-16/h3-7,10,26H,8-9,11H2,1-2H3,(H,20,21,27). The second kappa shape index (κ2) is 7.05. The molecule has 27 heavy (non-hydrogen) atoms. The van der Waals surface area contributed by atoms with Gasteiger partial charge in [-0.25, -0.2) is 4.98 Å². The lowest BCUT2D eigenvalue weighted by Crippen LogP contribution is -2.06. The van der Waals surface area contributed by atoms with Gasteiger partial charge in [0.15, 0.2) is 5.69 Å². The average molecular weight is 380 g/mol. The largest absolute Gasteiger partial charge is 0.493 e. The first kappa shape index (κ1) is 17.6. The molecule has 1 fully saturated rings. The smallest absolute Gasteiger partial charge is 0.221 e. The lowest BCUT2D eigenvalue weighted by molar-refractivity contribution is 0.372. The zero-order chi connectivity index (χ0) is 19.0. The number of aromatic nitrogens is 2. The van der Waals surface area contributed by atoms with Crippen LogP contribution in [0.2, 0.25) is 0 Å². The van der Waals surface area contributed by atoms with Gasteiger partial charge in [0.2, 0.25) is 11.0 Å². The number of hydrogen-bond donors (Lipinski definition) is 2. The molecule has 0 radical (unpaired) electrons. The zero-order valence-electron chi connectivity index (χ0n) is 15.2. The van der Waals surface area contributed by atoms with Crippen molar-refractivity contribution in [3.63, 3.8) is 0 Å². The summed E-state index contributed by atoms with van der Waals surface area (Å²) in [7, 11) is 0. The van der Waals surface area contributed by atoms with E-state index in [1.807, 2.05) is 54.8 Å². The number of benzene rings is 1. The summed E-state index contributed by atoms with van der Waals surface area (Å²) in [5.41, 5.74) is 3.33. The number of thiocarbonyl (C=S) groups is 1. The van der Waals surface area contributed by atoms with Gasteiger partial charge in [-0.1, -0.05) is 17.7 Å². The number of fused-ring (bicyclic) bond motifs is 1. The second-order valence-electron chi connectivity index (χ2n) is 6.67. The van der Waals surface area contributed by atoms with Gasteiger partial charge < -0.3 is 10.4 Å². The number of pyridine rings is 1. The van der Waals surface area contributed by atoms with Crippen LogP contribution in [-0.4, -0.2) is 37.8 Å². The van der Waals surface area contributed by atoms with Crippen LogP contribution in [-0.2, 0) is 6.67 Å². The quantitative estimate of drug-likeness (QED) is 0.405. The highest BCUT2D eigenvalue weighted by atomic mass is 32.1. The number of anilines is 1. The van der Waals surface area contributed by atoms with Crippen molar-refractivity contribution in [1.82, 2.24) is 14.5 Å². The predicted octanol–water partition coefficient (Wildman–Crippen LogP) is 4.11. The Hall–Kier alpha value is -2.84. The van der Waals surface area contributed by atoms with Gasteiger partial charge in [0.05, 0.1) is 12.2 Å². The van der Waals surface area contributed by atoms with Gasteiger partial charge in [-0.3, -0.25) is 9.47 Å². The molecular weight excluding hydrogens is 360 g/mol. The molecule has 2 N–H and O–H groups in total. The summed E-state index contributed by atoms with van der Waals surface area (Å²) in [6.45, 7) is 6.63. The number of nitrogens with zero attached hydrogens (tertiary/aromatic N) is 5. The molecule has 0 unspecified atom stereocenters. The first-order valence-corrected chi connectivity index (χ1v) is 9.12. The fourth-order valence-electron chi connectivity index (χ4n) is 2.93. The average Bonchev–Trinajstić information content (AvgIpc) is 3.40. The van der Waals surface area contributed by atoms with Crippen molar-refractivity contribution in [2.45, 2.75) is 20.5 Å². The maximum atomic E-state index is 10.7. The molecule has 138 valence electrons. The molecule has 3 heterocycles. The normalized spacial score (nSPS) is 14.1. The van der Waals surface area contributed by atoms with Gasteiger partial charge in [0.1, 0.15) is 5.82 Å². The highest BCUT2D eigenvalue weighted by Gasteiger charge is 2.23. The summed E-state index contributed by atoms with van der Waals surface area (Å²) in [6.07, 6.45) is 0. The van der Waals surface area contributed by atoms with Crippen LogP contribution in [0.1, 0.15) is 11.3 Å². The lowest BCUT2D eigenvalue weighted by Gasteiger charge is -2.06. The molecule has 7 nitrogen and oxygen atoms in total. The van der Waals surface area contributed by atoms with Crippen molar-refractivity contribution in [3.05, 3.63) is 47.7 Å². The summed E-state index contributed by atoms with van der Waals surface area (Å²) in [4.78, 5) is 6.55. The minimum Gasteiger partial charge on any atom is -0.493 e. The SMILES string of the molecule is Cc1ccc2c(c1)c(N=NC(=S)Nc1cccc(C)n1)c(O)n2CN1CC1. The number of rotatable bonds is 4. The summed E-state index contributed by atoms with van der Waals surface area (Å²) < 4.78 is 1.86. The minimum absolute atomic E-state index is 0.0998. The molecule has 2 aromatic heterocycles. The van der Waals surface area contributed by atoms with Crippen LogP contribution in [0.3, 0.4) is 0 Å². The predicted molar refractivity (Wildman–Crippen MR) is 110 cm³/mol. The van der Waals surface area contributed by atoms with Crippen LogP contribution in [0.15, 0.2) is 46.6 Å². The third-order valence-corrected chi connectivity index (χ3v) is 4.59. The molecule has 0 spiro atoms. The zero-order valence-corrected chi connectivity index (χ0v) is 16.0. The molecule has 3 aromatic rings. The molecule has 1 aliphatic heterocycles.